The highest BCUT2D eigenvalue weighted by atomic mass is 16.6. The van der Waals surface area contributed by atoms with Gasteiger partial charge in [0, 0.05) is 13.7 Å². The molecule has 1 N–H and O–H groups in total. The molecule has 0 aromatic heterocycles. The number of hydrogen-bond acceptors (Lipinski definition) is 5. The van der Waals surface area contributed by atoms with Gasteiger partial charge in [-0.15, -0.1) is 0 Å². The van der Waals surface area contributed by atoms with Crippen molar-refractivity contribution in [3.63, 3.8) is 0 Å². The molecule has 2 aromatic carbocycles. The van der Waals surface area contributed by atoms with E-state index in [1.165, 1.54) is 0 Å². The normalized spacial score (nSPS) is 15.8. The van der Waals surface area contributed by atoms with Crippen LogP contribution in [0.4, 0.5) is 0 Å². The van der Waals surface area contributed by atoms with Crippen LogP contribution < -0.4 is 14.8 Å². The van der Waals surface area contributed by atoms with Crippen molar-refractivity contribution in [3.05, 3.63) is 60.2 Å². The number of hydrogen-bond donors (Lipinski definition) is 1. The van der Waals surface area contributed by atoms with Gasteiger partial charge in [0.1, 0.15) is 5.84 Å². The van der Waals surface area contributed by atoms with Crippen LogP contribution in [0.3, 0.4) is 0 Å². The first-order valence-corrected chi connectivity index (χ1v) is 8.58. The molecule has 0 saturated heterocycles. The lowest BCUT2D eigenvalue weighted by molar-refractivity contribution is 0.0396. The van der Waals surface area contributed by atoms with Gasteiger partial charge in [-0.25, -0.2) is 0 Å². The van der Waals surface area contributed by atoms with Crippen LogP contribution in [-0.4, -0.2) is 38.7 Å². The van der Waals surface area contributed by atoms with Gasteiger partial charge < -0.3 is 19.5 Å². The van der Waals surface area contributed by atoms with Crippen molar-refractivity contribution in [2.24, 2.45) is 4.99 Å². The van der Waals surface area contributed by atoms with Crippen LogP contribution in [0.25, 0.3) is 0 Å². The fraction of sp³-hybridized carbons (Fsp3) is 0.350. The molecule has 3 rings (SSSR count). The number of aliphatic imine (C=N–C) groups is 1. The van der Waals surface area contributed by atoms with E-state index in [-0.39, 0.29) is 12.2 Å². The fourth-order valence-electron chi connectivity index (χ4n) is 2.89. The van der Waals surface area contributed by atoms with Crippen LogP contribution in [0.5, 0.6) is 11.5 Å². The summed E-state index contributed by atoms with van der Waals surface area (Å²) in [6, 6.07) is 17.8. The minimum absolute atomic E-state index is 0.320. The second kappa shape index (κ2) is 8.53. The third-order valence-corrected chi connectivity index (χ3v) is 4.03. The van der Waals surface area contributed by atoms with Crippen molar-refractivity contribution in [1.29, 1.82) is 0 Å². The van der Waals surface area contributed by atoms with Crippen LogP contribution in [0.2, 0.25) is 0 Å². The van der Waals surface area contributed by atoms with E-state index in [4.69, 9.17) is 14.2 Å². The van der Waals surface area contributed by atoms with Crippen molar-refractivity contribution < 1.29 is 14.2 Å². The molecule has 1 aliphatic heterocycles. The van der Waals surface area contributed by atoms with Crippen LogP contribution in [0, 0.1) is 0 Å². The first kappa shape index (κ1) is 17.3. The summed E-state index contributed by atoms with van der Waals surface area (Å²) in [5.41, 5.74) is 1.03. The summed E-state index contributed by atoms with van der Waals surface area (Å²) < 4.78 is 17.8. The van der Waals surface area contributed by atoms with Gasteiger partial charge in [0.25, 0.3) is 0 Å². The summed E-state index contributed by atoms with van der Waals surface area (Å²) in [5.74, 6) is 2.24. The van der Waals surface area contributed by atoms with Gasteiger partial charge in [0.15, 0.2) is 23.7 Å². The van der Waals surface area contributed by atoms with E-state index in [1.54, 1.807) is 7.11 Å². The summed E-state index contributed by atoms with van der Waals surface area (Å²) in [6.07, 6.45) is -0.656. The molecule has 0 bridgehead atoms. The maximum absolute atomic E-state index is 6.38. The van der Waals surface area contributed by atoms with E-state index in [1.807, 2.05) is 61.5 Å². The predicted octanol–water partition coefficient (Wildman–Crippen LogP) is 3.22. The van der Waals surface area contributed by atoms with Crippen molar-refractivity contribution in [2.45, 2.75) is 19.1 Å². The Hall–Kier alpha value is -2.53. The zero-order valence-electron chi connectivity index (χ0n) is 14.6. The molecule has 1 aliphatic rings. The molecule has 0 fully saturated rings. The molecule has 0 saturated carbocycles. The van der Waals surface area contributed by atoms with Crippen LogP contribution in [-0.2, 0) is 4.74 Å². The number of rotatable bonds is 8. The summed E-state index contributed by atoms with van der Waals surface area (Å²) in [5, 5.41) is 3.30. The first-order valence-electron chi connectivity index (χ1n) is 8.58. The summed E-state index contributed by atoms with van der Waals surface area (Å²) >= 11 is 0. The highest BCUT2D eigenvalue weighted by Gasteiger charge is 2.31. The Morgan fingerprint density at radius 1 is 1.00 bits per heavy atom. The van der Waals surface area contributed by atoms with Gasteiger partial charge in [0.2, 0.25) is 0 Å². The van der Waals surface area contributed by atoms with Gasteiger partial charge in [0.05, 0.1) is 13.2 Å². The topological polar surface area (TPSA) is 52.1 Å². The van der Waals surface area contributed by atoms with Crippen molar-refractivity contribution >= 4 is 5.84 Å². The highest BCUT2D eigenvalue weighted by Crippen LogP contribution is 2.33. The monoisotopic (exact) mass is 340 g/mol. The van der Waals surface area contributed by atoms with E-state index in [2.05, 4.69) is 10.3 Å². The second-order valence-electron chi connectivity index (χ2n) is 5.68. The minimum atomic E-state index is -0.336. The Balaban J connectivity index is 1.94. The second-order valence-corrected chi connectivity index (χ2v) is 5.68. The van der Waals surface area contributed by atoms with Gasteiger partial charge in [-0.2, -0.15) is 0 Å². The first-order chi connectivity index (χ1) is 12.3. The molecule has 25 heavy (non-hydrogen) atoms. The lowest BCUT2D eigenvalue weighted by Crippen LogP contribution is -2.39. The Bertz CT molecular complexity index is 703. The number of benzene rings is 2. The largest absolute Gasteiger partial charge is 0.490 e. The Labute approximate surface area is 148 Å². The van der Waals surface area contributed by atoms with Crippen LogP contribution in [0.1, 0.15) is 18.6 Å². The number of nitrogens with zero attached hydrogens (tertiary/aromatic N) is 1. The molecule has 0 amide bonds. The van der Waals surface area contributed by atoms with Crippen molar-refractivity contribution in [2.75, 3.05) is 26.8 Å². The lowest BCUT2D eigenvalue weighted by Gasteiger charge is -2.28. The van der Waals surface area contributed by atoms with E-state index in [0.29, 0.717) is 12.4 Å². The molecular weight excluding hydrogens is 316 g/mol. The zero-order valence-corrected chi connectivity index (χ0v) is 14.6. The van der Waals surface area contributed by atoms with E-state index >= 15 is 0 Å². The molecule has 0 spiro atoms. The zero-order chi connectivity index (χ0) is 17.5. The Morgan fingerprint density at radius 2 is 1.72 bits per heavy atom. The standard InChI is InChI=1S/C20H24N2O3/c1-3-24-16-11-7-8-12-17(16)25-18(15-9-5-4-6-10-15)19(23-2)20-21-13-14-22-20/h4-12,18-19H,3,13-14H2,1-2H3,(H,21,22)/t18-,19+/m0/s1. The number of para-hydroxylation sites is 2. The summed E-state index contributed by atoms with van der Waals surface area (Å²) in [7, 11) is 1.68. The Morgan fingerprint density at radius 3 is 2.36 bits per heavy atom. The quantitative estimate of drug-likeness (QED) is 0.802. The molecule has 0 unspecified atom stereocenters. The third kappa shape index (κ3) is 4.12. The van der Waals surface area contributed by atoms with Crippen LogP contribution in [0.15, 0.2) is 59.6 Å². The highest BCUT2D eigenvalue weighted by molar-refractivity contribution is 5.88. The fourth-order valence-corrected chi connectivity index (χ4v) is 2.89. The molecule has 5 heteroatoms. The van der Waals surface area contributed by atoms with E-state index in [9.17, 15) is 0 Å². The number of ether oxygens (including phenoxy) is 3. The van der Waals surface area contributed by atoms with Gasteiger partial charge in [-0.3, -0.25) is 4.99 Å². The Kier molecular flexibility index (Phi) is 5.90. The van der Waals surface area contributed by atoms with Gasteiger partial charge in [-0.05, 0) is 24.6 Å². The average molecular weight is 340 g/mol. The maximum atomic E-state index is 6.38. The molecular formula is C20H24N2O3. The lowest BCUT2D eigenvalue weighted by atomic mass is 10.0. The molecule has 132 valence electrons. The minimum Gasteiger partial charge on any atom is -0.490 e. The average Bonchev–Trinajstić information content (AvgIpc) is 3.18. The molecule has 0 aliphatic carbocycles. The summed E-state index contributed by atoms with van der Waals surface area (Å²) in [4.78, 5) is 4.52. The SMILES string of the molecule is CCOc1ccccc1O[C@@H](c1ccccc1)[C@@H](OC)C1=NCCN1. The number of methoxy groups -OCH3 is 1. The van der Waals surface area contributed by atoms with E-state index in [0.717, 1.165) is 30.2 Å². The van der Waals surface area contributed by atoms with Gasteiger partial charge in [-0.1, -0.05) is 42.5 Å². The molecule has 5 nitrogen and oxygen atoms in total. The molecule has 2 atom stereocenters. The van der Waals surface area contributed by atoms with E-state index < -0.39 is 0 Å². The molecule has 1 heterocycles. The molecule has 2 aromatic rings. The number of amidine groups is 1. The predicted molar refractivity (Wildman–Crippen MR) is 98.5 cm³/mol. The maximum Gasteiger partial charge on any atom is 0.162 e. The summed E-state index contributed by atoms with van der Waals surface area (Å²) in [6.45, 7) is 4.12. The third-order valence-electron chi connectivity index (χ3n) is 4.03. The van der Waals surface area contributed by atoms with Crippen molar-refractivity contribution in [3.8, 4) is 11.5 Å². The smallest absolute Gasteiger partial charge is 0.162 e. The number of nitrogens with one attached hydrogen (secondary N) is 1. The van der Waals surface area contributed by atoms with Crippen LogP contribution >= 0.6 is 0 Å². The molecule has 0 radical (unpaired) electrons. The van der Waals surface area contributed by atoms with Crippen molar-refractivity contribution in [1.82, 2.24) is 5.32 Å². The van der Waals surface area contributed by atoms with Gasteiger partial charge >= 0.3 is 0 Å².